The van der Waals surface area contributed by atoms with Crippen LogP contribution in [0.2, 0.25) is 0 Å². The largest absolute Gasteiger partial charge is 0.336 e. The molecule has 0 amide bonds. The lowest BCUT2D eigenvalue weighted by Crippen LogP contribution is -2.39. The fourth-order valence-corrected chi connectivity index (χ4v) is 5.06. The minimum absolute atomic E-state index is 0.150. The van der Waals surface area contributed by atoms with Gasteiger partial charge in [-0.15, -0.1) is 0 Å². The average Bonchev–Trinajstić information content (AvgIpc) is 3.17. The number of sulfonamides is 1. The van der Waals surface area contributed by atoms with E-state index in [2.05, 4.69) is 15.0 Å². The van der Waals surface area contributed by atoms with Crippen molar-refractivity contribution in [1.82, 2.24) is 28.4 Å². The van der Waals surface area contributed by atoms with Gasteiger partial charge in [0.05, 0.1) is 0 Å². The summed E-state index contributed by atoms with van der Waals surface area (Å²) in [6, 6.07) is 3.11. The summed E-state index contributed by atoms with van der Waals surface area (Å²) in [6.07, 6.45) is 4.25. The molecule has 148 valence electrons. The van der Waals surface area contributed by atoms with Crippen LogP contribution in [0.1, 0.15) is 24.6 Å². The number of piperidine rings is 1. The first-order chi connectivity index (χ1) is 13.3. The standard InChI is InChI=1S/C17H20N6O4S/c1-21-15-13(16(24)22(2)17(21)25)19-14(20-15)11-5-4-8-23(10-11)28(26,27)12-6-3-7-18-9-12/h3,6-7,9,11H,4-5,8,10H2,1-2H3,(H,19,20). The molecule has 3 aromatic heterocycles. The lowest BCUT2D eigenvalue weighted by atomic mass is 9.99. The highest BCUT2D eigenvalue weighted by molar-refractivity contribution is 7.89. The van der Waals surface area contributed by atoms with E-state index in [1.807, 2.05) is 0 Å². The van der Waals surface area contributed by atoms with E-state index in [1.54, 1.807) is 13.1 Å². The fraction of sp³-hybridized carbons (Fsp3) is 0.412. The Bertz CT molecular complexity index is 1260. The van der Waals surface area contributed by atoms with Crippen molar-refractivity contribution in [3.05, 3.63) is 51.2 Å². The zero-order valence-corrected chi connectivity index (χ0v) is 16.3. The van der Waals surface area contributed by atoms with Crippen LogP contribution in [0.15, 0.2) is 39.0 Å². The van der Waals surface area contributed by atoms with Gasteiger partial charge in [-0.05, 0) is 25.0 Å². The van der Waals surface area contributed by atoms with Gasteiger partial charge in [-0.3, -0.25) is 18.9 Å². The van der Waals surface area contributed by atoms with E-state index in [0.717, 1.165) is 11.0 Å². The van der Waals surface area contributed by atoms with Gasteiger partial charge in [-0.25, -0.2) is 18.2 Å². The van der Waals surface area contributed by atoms with Gasteiger partial charge >= 0.3 is 5.69 Å². The van der Waals surface area contributed by atoms with Crippen molar-refractivity contribution < 1.29 is 8.42 Å². The predicted octanol–water partition coefficient (Wildman–Crippen LogP) is -0.0764. The number of H-pyrrole nitrogens is 1. The number of hydrogen-bond acceptors (Lipinski definition) is 6. The monoisotopic (exact) mass is 404 g/mol. The number of pyridine rings is 1. The van der Waals surface area contributed by atoms with Crippen LogP contribution in [0, 0.1) is 0 Å². The zero-order valence-electron chi connectivity index (χ0n) is 15.5. The number of imidazole rings is 1. The number of hydrogen-bond donors (Lipinski definition) is 1. The molecule has 0 radical (unpaired) electrons. The molecule has 4 heterocycles. The first-order valence-corrected chi connectivity index (χ1v) is 10.3. The van der Waals surface area contributed by atoms with Crippen LogP contribution < -0.4 is 11.2 Å². The second kappa shape index (κ2) is 6.67. The highest BCUT2D eigenvalue weighted by atomic mass is 32.2. The van der Waals surface area contributed by atoms with E-state index in [4.69, 9.17) is 0 Å². The third kappa shape index (κ3) is 2.87. The van der Waals surface area contributed by atoms with Crippen molar-refractivity contribution in [2.45, 2.75) is 23.7 Å². The van der Waals surface area contributed by atoms with E-state index < -0.39 is 21.3 Å². The Hall–Kier alpha value is -2.79. The normalized spacial score (nSPS) is 18.6. The van der Waals surface area contributed by atoms with E-state index >= 15 is 0 Å². The Kier molecular flexibility index (Phi) is 4.42. The molecule has 1 saturated heterocycles. The van der Waals surface area contributed by atoms with E-state index in [1.165, 1.54) is 34.4 Å². The predicted molar refractivity (Wildman–Crippen MR) is 102 cm³/mol. The molecule has 4 rings (SSSR count). The topological polar surface area (TPSA) is 123 Å². The molecule has 3 aromatic rings. The summed E-state index contributed by atoms with van der Waals surface area (Å²) in [7, 11) is -0.694. The van der Waals surface area contributed by atoms with E-state index in [9.17, 15) is 18.0 Å². The molecule has 11 heteroatoms. The SMILES string of the molecule is Cn1c(=O)c2[nH]c(C3CCCN(S(=O)(=O)c4cccnc4)C3)nc2n(C)c1=O. The number of nitrogens with zero attached hydrogens (tertiary/aromatic N) is 5. The third-order valence-corrected chi connectivity index (χ3v) is 7.00. The molecule has 1 unspecified atom stereocenters. The Labute approximate surface area is 160 Å². The molecular weight excluding hydrogens is 384 g/mol. The Morgan fingerprint density at radius 2 is 2.00 bits per heavy atom. The maximum Gasteiger partial charge on any atom is 0.332 e. The number of aryl methyl sites for hydroxylation is 1. The van der Waals surface area contributed by atoms with E-state index in [0.29, 0.717) is 18.8 Å². The van der Waals surface area contributed by atoms with Crippen molar-refractivity contribution in [3.63, 3.8) is 0 Å². The van der Waals surface area contributed by atoms with Crippen molar-refractivity contribution in [3.8, 4) is 0 Å². The fourth-order valence-electron chi connectivity index (χ4n) is 3.57. The number of fused-ring (bicyclic) bond motifs is 1. The average molecular weight is 404 g/mol. The first-order valence-electron chi connectivity index (χ1n) is 8.86. The second-order valence-corrected chi connectivity index (χ2v) is 8.86. The third-order valence-electron chi connectivity index (χ3n) is 5.16. The molecule has 1 fully saturated rings. The van der Waals surface area contributed by atoms with Crippen molar-refractivity contribution in [1.29, 1.82) is 0 Å². The Morgan fingerprint density at radius 3 is 2.71 bits per heavy atom. The molecule has 1 atom stereocenters. The summed E-state index contributed by atoms with van der Waals surface area (Å²) >= 11 is 0. The molecule has 0 bridgehead atoms. The van der Waals surface area contributed by atoms with Gasteiger partial charge in [0.1, 0.15) is 16.2 Å². The van der Waals surface area contributed by atoms with Crippen LogP contribution >= 0.6 is 0 Å². The number of nitrogens with one attached hydrogen (secondary N) is 1. The van der Waals surface area contributed by atoms with E-state index in [-0.39, 0.29) is 28.5 Å². The molecule has 1 aliphatic rings. The van der Waals surface area contributed by atoms with Gasteiger partial charge < -0.3 is 4.98 Å². The highest BCUT2D eigenvalue weighted by Gasteiger charge is 2.32. The maximum absolute atomic E-state index is 12.9. The number of aromatic amines is 1. The van der Waals surface area contributed by atoms with Crippen LogP contribution in [-0.2, 0) is 24.1 Å². The van der Waals surface area contributed by atoms with Crippen molar-refractivity contribution in [2.75, 3.05) is 13.1 Å². The smallest absolute Gasteiger partial charge is 0.332 e. The molecule has 28 heavy (non-hydrogen) atoms. The van der Waals surface area contributed by atoms with Gasteiger partial charge in [0.15, 0.2) is 5.65 Å². The van der Waals surface area contributed by atoms with Crippen LogP contribution in [-0.4, -0.2) is 49.9 Å². The number of rotatable bonds is 3. The van der Waals surface area contributed by atoms with Crippen LogP contribution in [0.25, 0.3) is 11.2 Å². The Morgan fingerprint density at radius 1 is 1.21 bits per heavy atom. The second-order valence-electron chi connectivity index (χ2n) is 6.92. The van der Waals surface area contributed by atoms with Gasteiger partial charge in [-0.1, -0.05) is 0 Å². The van der Waals surface area contributed by atoms with Crippen molar-refractivity contribution in [2.24, 2.45) is 14.1 Å². The first kappa shape index (κ1) is 18.6. The van der Waals surface area contributed by atoms with Crippen LogP contribution in [0.4, 0.5) is 0 Å². The molecule has 0 aromatic carbocycles. The molecular formula is C17H20N6O4S. The minimum Gasteiger partial charge on any atom is -0.336 e. The van der Waals surface area contributed by atoms with Crippen LogP contribution in [0.5, 0.6) is 0 Å². The number of aromatic nitrogens is 5. The van der Waals surface area contributed by atoms with Gasteiger partial charge in [-0.2, -0.15) is 4.31 Å². The summed E-state index contributed by atoms with van der Waals surface area (Å²) in [6.45, 7) is 0.652. The molecule has 0 saturated carbocycles. The van der Waals surface area contributed by atoms with Crippen molar-refractivity contribution >= 4 is 21.2 Å². The lowest BCUT2D eigenvalue weighted by Gasteiger charge is -2.30. The zero-order chi connectivity index (χ0) is 20.1. The maximum atomic E-state index is 12.9. The van der Waals surface area contributed by atoms with Gasteiger partial charge in [0.2, 0.25) is 10.0 Å². The Balaban J connectivity index is 1.71. The molecule has 1 N–H and O–H groups in total. The molecule has 1 aliphatic heterocycles. The highest BCUT2D eigenvalue weighted by Crippen LogP contribution is 2.29. The van der Waals surface area contributed by atoms with Gasteiger partial charge in [0, 0.05) is 45.5 Å². The molecule has 10 nitrogen and oxygen atoms in total. The molecule has 0 aliphatic carbocycles. The summed E-state index contributed by atoms with van der Waals surface area (Å²) in [4.78, 5) is 36.0. The minimum atomic E-state index is -3.65. The molecule has 0 spiro atoms. The summed E-state index contributed by atoms with van der Waals surface area (Å²) < 4.78 is 29.5. The summed E-state index contributed by atoms with van der Waals surface area (Å²) in [5, 5.41) is 0. The quantitative estimate of drug-likeness (QED) is 0.652. The van der Waals surface area contributed by atoms with Crippen LogP contribution in [0.3, 0.4) is 0 Å². The summed E-state index contributed by atoms with van der Waals surface area (Å²) in [5.41, 5.74) is -0.394. The van der Waals surface area contributed by atoms with Gasteiger partial charge in [0.25, 0.3) is 5.56 Å². The lowest BCUT2D eigenvalue weighted by molar-refractivity contribution is 0.310. The summed E-state index contributed by atoms with van der Waals surface area (Å²) in [5.74, 6) is 0.312.